The molecule has 0 aliphatic carbocycles. The second kappa shape index (κ2) is 9.57. The molecular weight excluding hydrogens is 376 g/mol. The third kappa shape index (κ3) is 4.89. The van der Waals surface area contributed by atoms with Crippen LogP contribution in [-0.2, 0) is 0 Å². The summed E-state index contributed by atoms with van der Waals surface area (Å²) >= 11 is 0. The average molecular weight is 399 g/mol. The Labute approximate surface area is 183 Å². The smallest absolute Gasteiger partial charge is 0.194 e. The maximum atomic E-state index is 13.7. The zero-order valence-electron chi connectivity index (χ0n) is 17.4. The Balaban J connectivity index is 1.97. The molecule has 0 aliphatic rings. The van der Waals surface area contributed by atoms with E-state index in [0.717, 1.165) is 22.3 Å². The molecular formula is C30H22O. The fourth-order valence-electron chi connectivity index (χ4n) is 3.38. The zero-order valence-corrected chi connectivity index (χ0v) is 17.4. The lowest BCUT2D eigenvalue weighted by Gasteiger charge is -2.12. The van der Waals surface area contributed by atoms with Crippen molar-refractivity contribution in [1.29, 1.82) is 0 Å². The van der Waals surface area contributed by atoms with E-state index >= 15 is 0 Å². The summed E-state index contributed by atoms with van der Waals surface area (Å²) in [5.74, 6) is 6.56. The van der Waals surface area contributed by atoms with Gasteiger partial charge in [0, 0.05) is 22.3 Å². The Bertz CT molecular complexity index is 1250. The van der Waals surface area contributed by atoms with E-state index in [1.54, 1.807) is 0 Å². The summed E-state index contributed by atoms with van der Waals surface area (Å²) in [4.78, 5) is 13.7. The monoisotopic (exact) mass is 398 g/mol. The number of carbonyl (C=O) groups is 1. The molecule has 0 radical (unpaired) electrons. The Kier molecular flexibility index (Phi) is 6.21. The average Bonchev–Trinajstić information content (AvgIpc) is 2.84. The van der Waals surface area contributed by atoms with Gasteiger partial charge in [0.05, 0.1) is 0 Å². The highest BCUT2D eigenvalue weighted by Gasteiger charge is 2.19. The molecule has 31 heavy (non-hydrogen) atoms. The lowest BCUT2D eigenvalue weighted by molar-refractivity contribution is 0.105. The lowest BCUT2D eigenvalue weighted by Crippen LogP contribution is -2.05. The summed E-state index contributed by atoms with van der Waals surface area (Å²) in [6.07, 6.45) is 0. The normalized spacial score (nSPS) is 11.1. The van der Waals surface area contributed by atoms with E-state index < -0.39 is 0 Å². The van der Waals surface area contributed by atoms with Crippen LogP contribution >= 0.6 is 0 Å². The van der Waals surface area contributed by atoms with Crippen molar-refractivity contribution in [2.45, 2.75) is 6.92 Å². The number of carbonyl (C=O) groups excluding carboxylic acids is 1. The number of allylic oxidation sites excluding steroid dienone is 2. The highest BCUT2D eigenvalue weighted by molar-refractivity contribution is 6.35. The SMILES string of the molecule is Cc1ccc(C#C/C(=C(\C(=O)c2ccccc2)c2ccccc2)c2ccccc2)cc1. The van der Waals surface area contributed by atoms with Gasteiger partial charge in [-0.05, 0) is 30.2 Å². The molecule has 0 saturated heterocycles. The van der Waals surface area contributed by atoms with Gasteiger partial charge < -0.3 is 0 Å². The quantitative estimate of drug-likeness (QED) is 0.159. The van der Waals surface area contributed by atoms with Crippen LogP contribution < -0.4 is 0 Å². The second-order valence-corrected chi connectivity index (χ2v) is 7.29. The molecule has 0 spiro atoms. The van der Waals surface area contributed by atoms with Gasteiger partial charge in [0.15, 0.2) is 5.78 Å². The summed E-state index contributed by atoms with van der Waals surface area (Å²) in [6, 6.07) is 37.2. The maximum absolute atomic E-state index is 13.7. The fourth-order valence-corrected chi connectivity index (χ4v) is 3.38. The molecule has 0 saturated carbocycles. The molecule has 4 rings (SSSR count). The summed E-state index contributed by atoms with van der Waals surface area (Å²) in [7, 11) is 0. The number of hydrogen-bond acceptors (Lipinski definition) is 1. The summed E-state index contributed by atoms with van der Waals surface area (Å²) < 4.78 is 0. The molecule has 1 nitrogen and oxygen atoms in total. The third-order valence-corrected chi connectivity index (χ3v) is 5.02. The second-order valence-electron chi connectivity index (χ2n) is 7.29. The van der Waals surface area contributed by atoms with E-state index in [9.17, 15) is 4.79 Å². The third-order valence-electron chi connectivity index (χ3n) is 5.02. The maximum Gasteiger partial charge on any atom is 0.194 e. The van der Waals surface area contributed by atoms with Crippen LogP contribution in [0.3, 0.4) is 0 Å². The standard InChI is InChI=1S/C30H22O/c1-23-17-19-24(20-18-23)21-22-28(25-11-5-2-6-12-25)29(26-13-7-3-8-14-26)30(31)27-15-9-4-10-16-27/h2-20H,1H3/b29-28+. The van der Waals surface area contributed by atoms with Crippen LogP contribution in [0.2, 0.25) is 0 Å². The van der Waals surface area contributed by atoms with Gasteiger partial charge in [0.2, 0.25) is 0 Å². The van der Waals surface area contributed by atoms with Gasteiger partial charge in [-0.25, -0.2) is 0 Å². The molecule has 0 N–H and O–H groups in total. The number of Topliss-reactive ketones (excluding diaryl/α,β-unsaturated/α-hetero) is 1. The van der Waals surface area contributed by atoms with Gasteiger partial charge >= 0.3 is 0 Å². The molecule has 0 atom stereocenters. The van der Waals surface area contributed by atoms with Crippen molar-refractivity contribution >= 4 is 16.9 Å². The molecule has 0 aromatic heterocycles. The summed E-state index contributed by atoms with van der Waals surface area (Å²) in [5.41, 5.74) is 5.86. The lowest BCUT2D eigenvalue weighted by atomic mass is 9.89. The fraction of sp³-hybridized carbons (Fsp3) is 0.0333. The Morgan fingerprint density at radius 3 is 1.61 bits per heavy atom. The molecule has 4 aromatic rings. The Morgan fingerprint density at radius 2 is 1.06 bits per heavy atom. The van der Waals surface area contributed by atoms with Gasteiger partial charge in [-0.15, -0.1) is 0 Å². The molecule has 0 amide bonds. The van der Waals surface area contributed by atoms with Crippen LogP contribution in [0.5, 0.6) is 0 Å². The summed E-state index contributed by atoms with van der Waals surface area (Å²) in [5, 5.41) is 0. The van der Waals surface area contributed by atoms with E-state index in [1.807, 2.05) is 115 Å². The predicted octanol–water partition coefficient (Wildman–Crippen LogP) is 6.84. The van der Waals surface area contributed by atoms with Crippen molar-refractivity contribution in [2.24, 2.45) is 0 Å². The van der Waals surface area contributed by atoms with Gasteiger partial charge in [-0.3, -0.25) is 4.79 Å². The number of benzene rings is 4. The molecule has 0 unspecified atom stereocenters. The van der Waals surface area contributed by atoms with Crippen LogP contribution in [-0.4, -0.2) is 5.78 Å². The summed E-state index contributed by atoms with van der Waals surface area (Å²) in [6.45, 7) is 2.05. The number of aryl methyl sites for hydroxylation is 1. The largest absolute Gasteiger partial charge is 0.289 e. The molecule has 0 bridgehead atoms. The molecule has 0 heterocycles. The van der Waals surface area contributed by atoms with Crippen LogP contribution in [0.15, 0.2) is 115 Å². The highest BCUT2D eigenvalue weighted by atomic mass is 16.1. The molecule has 148 valence electrons. The highest BCUT2D eigenvalue weighted by Crippen LogP contribution is 2.29. The first-order chi connectivity index (χ1) is 15.2. The van der Waals surface area contributed by atoms with Crippen LogP contribution in [0.4, 0.5) is 0 Å². The molecule has 1 heteroatoms. The number of ketones is 1. The van der Waals surface area contributed by atoms with Crippen LogP contribution in [0.25, 0.3) is 11.1 Å². The van der Waals surface area contributed by atoms with Crippen molar-refractivity contribution in [3.8, 4) is 11.8 Å². The van der Waals surface area contributed by atoms with Crippen molar-refractivity contribution < 1.29 is 4.79 Å². The first-order valence-electron chi connectivity index (χ1n) is 10.3. The Morgan fingerprint density at radius 1 is 0.581 bits per heavy atom. The van der Waals surface area contributed by atoms with Gasteiger partial charge in [-0.1, -0.05) is 121 Å². The van der Waals surface area contributed by atoms with Gasteiger partial charge in [0.25, 0.3) is 0 Å². The molecule has 0 fully saturated rings. The van der Waals surface area contributed by atoms with E-state index in [0.29, 0.717) is 11.1 Å². The minimum absolute atomic E-state index is 0.0381. The van der Waals surface area contributed by atoms with Crippen molar-refractivity contribution in [1.82, 2.24) is 0 Å². The Hall–Kier alpha value is -4.15. The first kappa shape index (κ1) is 20.1. The zero-order chi connectivity index (χ0) is 21.5. The van der Waals surface area contributed by atoms with E-state index in [4.69, 9.17) is 0 Å². The number of hydrogen-bond donors (Lipinski definition) is 0. The molecule has 0 aliphatic heterocycles. The minimum Gasteiger partial charge on any atom is -0.289 e. The van der Waals surface area contributed by atoms with E-state index in [2.05, 4.69) is 18.8 Å². The van der Waals surface area contributed by atoms with Crippen molar-refractivity contribution in [3.63, 3.8) is 0 Å². The van der Waals surface area contributed by atoms with Crippen molar-refractivity contribution in [3.05, 3.63) is 143 Å². The topological polar surface area (TPSA) is 17.1 Å². The van der Waals surface area contributed by atoms with Crippen molar-refractivity contribution in [2.75, 3.05) is 0 Å². The number of rotatable bonds is 4. The predicted molar refractivity (Wildman–Crippen MR) is 129 cm³/mol. The van der Waals surface area contributed by atoms with Gasteiger partial charge in [-0.2, -0.15) is 0 Å². The first-order valence-corrected chi connectivity index (χ1v) is 10.3. The minimum atomic E-state index is -0.0381. The van der Waals surface area contributed by atoms with E-state index in [-0.39, 0.29) is 5.78 Å². The van der Waals surface area contributed by atoms with Crippen LogP contribution in [0.1, 0.15) is 32.6 Å². The van der Waals surface area contributed by atoms with E-state index in [1.165, 1.54) is 5.56 Å². The van der Waals surface area contributed by atoms with Crippen LogP contribution in [0, 0.1) is 18.8 Å². The molecule has 4 aromatic carbocycles. The van der Waals surface area contributed by atoms with Gasteiger partial charge in [0.1, 0.15) is 0 Å².